The molecule has 1 aromatic heterocycles. The average molecular weight is 330 g/mol. The first kappa shape index (κ1) is 17.0. The van der Waals surface area contributed by atoms with E-state index in [-0.39, 0.29) is 11.9 Å². The van der Waals surface area contributed by atoms with Crippen LogP contribution in [0.1, 0.15) is 49.1 Å². The maximum atomic E-state index is 12.2. The van der Waals surface area contributed by atoms with Crippen LogP contribution in [0.4, 0.5) is 0 Å². The Kier molecular flexibility index (Phi) is 5.23. The Morgan fingerprint density at radius 2 is 2.14 bits per heavy atom. The molecule has 8 heteroatoms. The Bertz CT molecular complexity index is 612. The minimum Gasteiger partial charge on any atom is -0.377 e. The molecule has 7 nitrogen and oxygen atoms in total. The van der Waals surface area contributed by atoms with Crippen molar-refractivity contribution in [2.24, 2.45) is 0 Å². The first-order chi connectivity index (χ1) is 10.3. The van der Waals surface area contributed by atoms with Gasteiger partial charge in [0.25, 0.3) is 0 Å². The number of ether oxygens (including phenoxy) is 1. The predicted molar refractivity (Wildman–Crippen MR) is 79.9 cm³/mol. The summed E-state index contributed by atoms with van der Waals surface area (Å²) in [7, 11) is -3.72. The lowest BCUT2D eigenvalue weighted by Gasteiger charge is -2.22. The second kappa shape index (κ2) is 6.78. The zero-order valence-corrected chi connectivity index (χ0v) is 13.9. The standard InChI is InChI=1S/C14H22N2O5S/c1-9(13-10(2)15-21-11(13)3)14(17)16-22(18,19)8-12-6-4-5-7-20-12/h9,12H,4-8H2,1-3H3,(H,16,17)/t9-,12+/m0/s1. The van der Waals surface area contributed by atoms with Crippen LogP contribution < -0.4 is 4.72 Å². The smallest absolute Gasteiger partial charge is 0.240 e. The maximum absolute atomic E-state index is 12.2. The van der Waals surface area contributed by atoms with Gasteiger partial charge in [-0.2, -0.15) is 0 Å². The van der Waals surface area contributed by atoms with Gasteiger partial charge in [-0.25, -0.2) is 8.42 Å². The minimum absolute atomic E-state index is 0.187. The van der Waals surface area contributed by atoms with Gasteiger partial charge >= 0.3 is 0 Å². The lowest BCUT2D eigenvalue weighted by Crippen LogP contribution is -2.40. The molecule has 0 bridgehead atoms. The molecule has 1 amide bonds. The normalized spacial score (nSPS) is 20.6. The van der Waals surface area contributed by atoms with E-state index in [0.717, 1.165) is 12.8 Å². The third kappa shape index (κ3) is 4.07. The number of aromatic nitrogens is 1. The molecule has 124 valence electrons. The van der Waals surface area contributed by atoms with Crippen LogP contribution in [0.3, 0.4) is 0 Å². The fourth-order valence-corrected chi connectivity index (χ4v) is 4.03. The van der Waals surface area contributed by atoms with Gasteiger partial charge in [0.1, 0.15) is 5.76 Å². The van der Waals surface area contributed by atoms with Crippen LogP contribution in [-0.4, -0.2) is 37.9 Å². The van der Waals surface area contributed by atoms with Gasteiger partial charge in [0, 0.05) is 12.2 Å². The zero-order chi connectivity index (χ0) is 16.3. The molecule has 1 aliphatic rings. The highest BCUT2D eigenvalue weighted by Crippen LogP contribution is 2.23. The number of rotatable bonds is 5. The number of sulfonamides is 1. The van der Waals surface area contributed by atoms with E-state index in [0.29, 0.717) is 30.0 Å². The summed E-state index contributed by atoms with van der Waals surface area (Å²) in [6, 6.07) is 0. The highest BCUT2D eigenvalue weighted by Gasteiger charge is 2.28. The summed E-state index contributed by atoms with van der Waals surface area (Å²) in [5.74, 6) is -0.890. The van der Waals surface area contributed by atoms with Crippen molar-refractivity contribution in [1.29, 1.82) is 0 Å². The maximum Gasteiger partial charge on any atom is 0.240 e. The molecule has 1 fully saturated rings. The number of carbonyl (C=O) groups is 1. The molecule has 1 aromatic rings. The third-order valence-corrected chi connectivity index (χ3v) is 5.17. The molecule has 1 N–H and O–H groups in total. The average Bonchev–Trinajstić information content (AvgIpc) is 2.77. The quantitative estimate of drug-likeness (QED) is 0.876. The fourth-order valence-electron chi connectivity index (χ4n) is 2.71. The van der Waals surface area contributed by atoms with E-state index in [2.05, 4.69) is 9.88 Å². The molecule has 1 aliphatic heterocycles. The first-order valence-electron chi connectivity index (χ1n) is 7.39. The molecule has 0 saturated carbocycles. The Morgan fingerprint density at radius 3 is 2.68 bits per heavy atom. The molecular formula is C14H22N2O5S. The summed E-state index contributed by atoms with van der Waals surface area (Å²) in [5.41, 5.74) is 1.22. The van der Waals surface area contributed by atoms with E-state index < -0.39 is 21.8 Å². The Labute approximate surface area is 130 Å². The number of nitrogens with zero attached hydrogens (tertiary/aromatic N) is 1. The van der Waals surface area contributed by atoms with Crippen LogP contribution in [0, 0.1) is 13.8 Å². The lowest BCUT2D eigenvalue weighted by molar-refractivity contribution is -0.120. The molecule has 2 rings (SSSR count). The van der Waals surface area contributed by atoms with E-state index >= 15 is 0 Å². The summed E-state index contributed by atoms with van der Waals surface area (Å²) in [5, 5.41) is 3.79. The van der Waals surface area contributed by atoms with Crippen LogP contribution in [0.15, 0.2) is 4.52 Å². The molecule has 2 atom stereocenters. The monoisotopic (exact) mass is 330 g/mol. The molecule has 0 unspecified atom stereocenters. The van der Waals surface area contributed by atoms with Gasteiger partial charge < -0.3 is 9.26 Å². The zero-order valence-electron chi connectivity index (χ0n) is 13.1. The Morgan fingerprint density at radius 1 is 1.41 bits per heavy atom. The summed E-state index contributed by atoms with van der Waals surface area (Å²) in [4.78, 5) is 12.2. The van der Waals surface area contributed by atoms with E-state index in [4.69, 9.17) is 9.26 Å². The number of aryl methyl sites for hydroxylation is 2. The van der Waals surface area contributed by atoms with Crippen molar-refractivity contribution in [2.75, 3.05) is 12.4 Å². The number of nitrogens with one attached hydrogen (secondary N) is 1. The van der Waals surface area contributed by atoms with Gasteiger partial charge in [0.15, 0.2) is 0 Å². The van der Waals surface area contributed by atoms with Crippen molar-refractivity contribution < 1.29 is 22.5 Å². The second-order valence-corrected chi connectivity index (χ2v) is 7.46. The Hall–Kier alpha value is -1.41. The van der Waals surface area contributed by atoms with Gasteiger partial charge in [-0.1, -0.05) is 5.16 Å². The highest BCUT2D eigenvalue weighted by molar-refractivity contribution is 7.90. The molecule has 1 saturated heterocycles. The van der Waals surface area contributed by atoms with Crippen LogP contribution in [0.2, 0.25) is 0 Å². The number of carbonyl (C=O) groups excluding carboxylic acids is 1. The van der Waals surface area contributed by atoms with Crippen LogP contribution in [-0.2, 0) is 19.6 Å². The highest BCUT2D eigenvalue weighted by atomic mass is 32.2. The second-order valence-electron chi connectivity index (χ2n) is 5.70. The summed E-state index contributed by atoms with van der Waals surface area (Å²) in [6.07, 6.45) is 2.26. The first-order valence-corrected chi connectivity index (χ1v) is 9.04. The van der Waals surface area contributed by atoms with Crippen LogP contribution >= 0.6 is 0 Å². The van der Waals surface area contributed by atoms with E-state index in [9.17, 15) is 13.2 Å². The molecular weight excluding hydrogens is 308 g/mol. The van der Waals surface area contributed by atoms with Gasteiger partial charge in [0.05, 0.1) is 23.5 Å². The molecule has 0 radical (unpaired) electrons. The Balaban J connectivity index is 2.00. The van der Waals surface area contributed by atoms with Crippen molar-refractivity contribution in [3.8, 4) is 0 Å². The van der Waals surface area contributed by atoms with Crippen LogP contribution in [0.5, 0.6) is 0 Å². The largest absolute Gasteiger partial charge is 0.377 e. The van der Waals surface area contributed by atoms with Crippen molar-refractivity contribution in [3.63, 3.8) is 0 Å². The van der Waals surface area contributed by atoms with Gasteiger partial charge in [-0.3, -0.25) is 9.52 Å². The SMILES string of the molecule is Cc1noc(C)c1[C@H](C)C(=O)NS(=O)(=O)C[C@H]1CCCCO1. The molecule has 0 spiro atoms. The third-order valence-electron chi connectivity index (χ3n) is 3.85. The number of hydrogen-bond acceptors (Lipinski definition) is 6. The van der Waals surface area contributed by atoms with Crippen molar-refractivity contribution >= 4 is 15.9 Å². The van der Waals surface area contributed by atoms with E-state index in [1.165, 1.54) is 0 Å². The molecule has 0 aromatic carbocycles. The van der Waals surface area contributed by atoms with Gasteiger partial charge in [-0.15, -0.1) is 0 Å². The summed E-state index contributed by atoms with van der Waals surface area (Å²) < 4.78 is 36.8. The van der Waals surface area contributed by atoms with Crippen molar-refractivity contribution in [1.82, 2.24) is 9.88 Å². The predicted octanol–water partition coefficient (Wildman–Crippen LogP) is 1.41. The minimum atomic E-state index is -3.72. The van der Waals surface area contributed by atoms with Crippen LogP contribution in [0.25, 0.3) is 0 Å². The van der Waals surface area contributed by atoms with E-state index in [1.807, 2.05) is 0 Å². The fraction of sp³-hybridized carbons (Fsp3) is 0.714. The molecule has 2 heterocycles. The molecule has 0 aliphatic carbocycles. The summed E-state index contributed by atoms with van der Waals surface area (Å²) >= 11 is 0. The topological polar surface area (TPSA) is 98.5 Å². The molecule has 22 heavy (non-hydrogen) atoms. The van der Waals surface area contributed by atoms with Crippen molar-refractivity contribution in [2.45, 2.75) is 52.1 Å². The number of hydrogen-bond donors (Lipinski definition) is 1. The van der Waals surface area contributed by atoms with Gasteiger partial charge in [0.2, 0.25) is 15.9 Å². The lowest BCUT2D eigenvalue weighted by atomic mass is 9.99. The van der Waals surface area contributed by atoms with Gasteiger partial charge in [-0.05, 0) is 40.0 Å². The van der Waals surface area contributed by atoms with Crippen molar-refractivity contribution in [3.05, 3.63) is 17.0 Å². The van der Waals surface area contributed by atoms with E-state index in [1.54, 1.807) is 20.8 Å². The summed E-state index contributed by atoms with van der Waals surface area (Å²) in [6.45, 7) is 5.63. The number of amides is 1.